The van der Waals surface area contributed by atoms with Gasteiger partial charge >= 0.3 is 0 Å². The molecule has 0 saturated carbocycles. The average molecular weight is 474 g/mol. The molecule has 2 rings (SSSR count). The highest BCUT2D eigenvalue weighted by atomic mass is 127. The number of aliphatic imine (C=N–C) groups is 1. The number of ether oxygens (including phenoxy) is 1. The lowest BCUT2D eigenvalue weighted by molar-refractivity contribution is 0.133. The summed E-state index contributed by atoms with van der Waals surface area (Å²) < 4.78 is 5.52. The topological polar surface area (TPSA) is 45.6 Å². The molecule has 2 aromatic carbocycles. The summed E-state index contributed by atoms with van der Waals surface area (Å²) in [6, 6.07) is 16.0. The molecule has 4 nitrogen and oxygen atoms in total. The molecule has 2 N–H and O–H groups in total. The zero-order valence-corrected chi connectivity index (χ0v) is 17.7. The minimum atomic E-state index is 0. The predicted molar refractivity (Wildman–Crippen MR) is 116 cm³/mol. The summed E-state index contributed by atoms with van der Waals surface area (Å²) >= 11 is 6.18. The second-order valence-electron chi connectivity index (χ2n) is 5.28. The molecule has 0 aliphatic rings. The monoisotopic (exact) mass is 473 g/mol. The smallest absolute Gasteiger partial charge is 0.191 e. The first kappa shape index (κ1) is 21.7. The molecule has 25 heavy (non-hydrogen) atoms. The van der Waals surface area contributed by atoms with E-state index in [1.165, 1.54) is 11.1 Å². The molecule has 0 fully saturated rings. The summed E-state index contributed by atoms with van der Waals surface area (Å²) in [6.07, 6.45) is 0. The fourth-order valence-electron chi connectivity index (χ4n) is 2.30. The lowest BCUT2D eigenvalue weighted by atomic mass is 10.1. The zero-order chi connectivity index (χ0) is 17.2. The van der Waals surface area contributed by atoms with E-state index in [0.717, 1.165) is 16.5 Å². The van der Waals surface area contributed by atoms with Gasteiger partial charge < -0.3 is 15.4 Å². The number of hydrogen-bond acceptors (Lipinski definition) is 2. The van der Waals surface area contributed by atoms with Crippen LogP contribution in [0.15, 0.2) is 53.5 Å². The van der Waals surface area contributed by atoms with Crippen LogP contribution < -0.4 is 10.6 Å². The van der Waals surface area contributed by atoms with Gasteiger partial charge in [0.1, 0.15) is 0 Å². The van der Waals surface area contributed by atoms with E-state index in [-0.39, 0.29) is 24.0 Å². The van der Waals surface area contributed by atoms with Gasteiger partial charge in [0.2, 0.25) is 0 Å². The van der Waals surface area contributed by atoms with Gasteiger partial charge in [-0.2, -0.15) is 0 Å². The average Bonchev–Trinajstić information content (AvgIpc) is 2.62. The molecular weight excluding hydrogens is 449 g/mol. The van der Waals surface area contributed by atoms with Crippen LogP contribution in [0.25, 0.3) is 0 Å². The van der Waals surface area contributed by atoms with Gasteiger partial charge in [-0.3, -0.25) is 4.99 Å². The minimum Gasteiger partial charge on any atom is -0.377 e. The maximum atomic E-state index is 6.18. The summed E-state index contributed by atoms with van der Waals surface area (Å²) in [4.78, 5) is 4.26. The quantitative estimate of drug-likeness (QED) is 0.357. The highest BCUT2D eigenvalue weighted by molar-refractivity contribution is 14.0. The van der Waals surface area contributed by atoms with E-state index in [4.69, 9.17) is 16.3 Å². The second kappa shape index (κ2) is 12.1. The molecular formula is C19H25ClIN3O. The van der Waals surface area contributed by atoms with Gasteiger partial charge in [-0.05, 0) is 29.7 Å². The Morgan fingerprint density at radius 3 is 2.12 bits per heavy atom. The molecule has 0 unspecified atom stereocenters. The number of nitrogens with zero attached hydrogens (tertiary/aromatic N) is 1. The third-order valence-corrected chi connectivity index (χ3v) is 4.02. The molecule has 136 valence electrons. The molecule has 0 aromatic heterocycles. The number of nitrogens with one attached hydrogen (secondary N) is 2. The van der Waals surface area contributed by atoms with E-state index in [2.05, 4.69) is 27.8 Å². The van der Waals surface area contributed by atoms with E-state index in [1.54, 1.807) is 7.05 Å². The van der Waals surface area contributed by atoms with Gasteiger partial charge in [0.15, 0.2) is 5.96 Å². The predicted octanol–water partition coefficient (Wildman–Crippen LogP) is 4.36. The van der Waals surface area contributed by atoms with Crippen molar-refractivity contribution < 1.29 is 4.74 Å². The Labute approximate surface area is 172 Å². The Morgan fingerprint density at radius 2 is 1.52 bits per heavy atom. The van der Waals surface area contributed by atoms with Gasteiger partial charge in [-0.1, -0.05) is 54.1 Å². The van der Waals surface area contributed by atoms with Crippen LogP contribution in [0.3, 0.4) is 0 Å². The van der Waals surface area contributed by atoms with Gasteiger partial charge in [0.05, 0.1) is 6.61 Å². The van der Waals surface area contributed by atoms with E-state index in [9.17, 15) is 0 Å². The summed E-state index contributed by atoms with van der Waals surface area (Å²) in [5, 5.41) is 7.37. The molecule has 0 bridgehead atoms. The minimum absolute atomic E-state index is 0. The maximum absolute atomic E-state index is 6.18. The normalized spacial score (nSPS) is 10.9. The molecule has 0 spiro atoms. The van der Waals surface area contributed by atoms with Crippen LogP contribution in [-0.2, 0) is 24.4 Å². The Bertz CT molecular complexity index is 679. The number of benzene rings is 2. The third-order valence-electron chi connectivity index (χ3n) is 3.65. The second-order valence-corrected chi connectivity index (χ2v) is 5.68. The van der Waals surface area contributed by atoms with Crippen molar-refractivity contribution in [2.24, 2.45) is 4.99 Å². The van der Waals surface area contributed by atoms with Crippen molar-refractivity contribution in [3.63, 3.8) is 0 Å². The molecule has 0 atom stereocenters. The van der Waals surface area contributed by atoms with Crippen molar-refractivity contribution in [2.75, 3.05) is 13.7 Å². The summed E-state index contributed by atoms with van der Waals surface area (Å²) in [5.41, 5.74) is 3.43. The summed E-state index contributed by atoms with van der Waals surface area (Å²) in [6.45, 7) is 4.65. The molecule has 2 aromatic rings. The van der Waals surface area contributed by atoms with Crippen molar-refractivity contribution >= 4 is 41.5 Å². The van der Waals surface area contributed by atoms with Crippen LogP contribution >= 0.6 is 35.6 Å². The largest absolute Gasteiger partial charge is 0.377 e. The number of halogens is 2. The van der Waals surface area contributed by atoms with E-state index >= 15 is 0 Å². The first-order valence-corrected chi connectivity index (χ1v) is 8.44. The highest BCUT2D eigenvalue weighted by Crippen LogP contribution is 2.14. The van der Waals surface area contributed by atoms with E-state index < -0.39 is 0 Å². The fraction of sp³-hybridized carbons (Fsp3) is 0.316. The van der Waals surface area contributed by atoms with Crippen molar-refractivity contribution in [3.8, 4) is 0 Å². The molecule has 0 amide bonds. The van der Waals surface area contributed by atoms with E-state index in [0.29, 0.717) is 26.3 Å². The lowest BCUT2D eigenvalue weighted by Crippen LogP contribution is -2.36. The first-order valence-electron chi connectivity index (χ1n) is 8.07. The Morgan fingerprint density at radius 1 is 0.960 bits per heavy atom. The van der Waals surface area contributed by atoms with Gasteiger partial charge in [0.25, 0.3) is 0 Å². The van der Waals surface area contributed by atoms with Gasteiger partial charge in [0, 0.05) is 31.8 Å². The maximum Gasteiger partial charge on any atom is 0.191 e. The number of rotatable bonds is 7. The van der Waals surface area contributed by atoms with Crippen molar-refractivity contribution in [2.45, 2.75) is 26.6 Å². The molecule has 0 aliphatic carbocycles. The molecule has 6 heteroatoms. The number of hydrogen-bond donors (Lipinski definition) is 2. The Hall–Kier alpha value is -1.31. The Kier molecular flexibility index (Phi) is 10.5. The van der Waals surface area contributed by atoms with Crippen LogP contribution in [0.1, 0.15) is 23.6 Å². The zero-order valence-electron chi connectivity index (χ0n) is 14.6. The molecule has 0 aliphatic heterocycles. The molecule has 0 heterocycles. The van der Waals surface area contributed by atoms with Gasteiger partial charge in [-0.25, -0.2) is 0 Å². The first-order chi connectivity index (χ1) is 11.7. The Balaban J connectivity index is 0.00000312. The lowest BCUT2D eigenvalue weighted by Gasteiger charge is -2.14. The highest BCUT2D eigenvalue weighted by Gasteiger charge is 2.05. The number of guanidine groups is 1. The van der Waals surface area contributed by atoms with Crippen LogP contribution in [0.2, 0.25) is 5.02 Å². The molecule has 0 saturated heterocycles. The van der Waals surface area contributed by atoms with E-state index in [1.807, 2.05) is 43.3 Å². The fourth-order valence-corrected chi connectivity index (χ4v) is 2.51. The van der Waals surface area contributed by atoms with Crippen molar-refractivity contribution in [3.05, 3.63) is 70.2 Å². The third kappa shape index (κ3) is 7.22. The standard InChI is InChI=1S/C19H24ClN3O.HI/c1-3-24-14-17-10-5-4-8-15(17)12-22-19(21-2)23-13-16-9-6-7-11-18(16)20;/h4-11H,3,12-14H2,1-2H3,(H2,21,22,23);1H. The summed E-state index contributed by atoms with van der Waals surface area (Å²) in [5.74, 6) is 0.737. The van der Waals surface area contributed by atoms with Crippen molar-refractivity contribution in [1.82, 2.24) is 10.6 Å². The summed E-state index contributed by atoms with van der Waals surface area (Å²) in [7, 11) is 1.76. The van der Waals surface area contributed by atoms with Crippen LogP contribution in [0.4, 0.5) is 0 Å². The van der Waals surface area contributed by atoms with Crippen molar-refractivity contribution in [1.29, 1.82) is 0 Å². The SMILES string of the molecule is CCOCc1ccccc1CNC(=NC)NCc1ccccc1Cl.I. The molecule has 0 radical (unpaired) electrons. The van der Waals surface area contributed by atoms with Crippen LogP contribution in [-0.4, -0.2) is 19.6 Å². The van der Waals surface area contributed by atoms with Crippen LogP contribution in [0.5, 0.6) is 0 Å². The van der Waals surface area contributed by atoms with Gasteiger partial charge in [-0.15, -0.1) is 24.0 Å². The van der Waals surface area contributed by atoms with Crippen LogP contribution in [0, 0.1) is 0 Å².